The molecule has 2 aromatic rings. The number of nitrogens with one attached hydrogen (secondary N) is 1. The van der Waals surface area contributed by atoms with Gasteiger partial charge >= 0.3 is 0 Å². The minimum Gasteiger partial charge on any atom is -0.322 e. The highest BCUT2D eigenvalue weighted by molar-refractivity contribution is 7.98. The number of nitro groups is 1. The smallest absolute Gasteiger partial charge is 0.282 e. The van der Waals surface area contributed by atoms with Crippen LogP contribution in [0.15, 0.2) is 47.4 Å². The molecule has 0 fully saturated rings. The zero-order chi connectivity index (χ0) is 16.1. The van der Waals surface area contributed by atoms with E-state index in [9.17, 15) is 14.9 Å². The molecule has 0 aliphatic heterocycles. The molecule has 0 radical (unpaired) electrons. The van der Waals surface area contributed by atoms with Gasteiger partial charge in [-0.15, -0.1) is 11.8 Å². The van der Waals surface area contributed by atoms with Crippen LogP contribution in [0.25, 0.3) is 0 Å². The number of carbonyl (C=O) groups is 1. The van der Waals surface area contributed by atoms with Crippen molar-refractivity contribution in [2.45, 2.75) is 18.2 Å². The molecule has 6 heteroatoms. The topological polar surface area (TPSA) is 72.2 Å². The van der Waals surface area contributed by atoms with Gasteiger partial charge in [0.05, 0.1) is 4.92 Å². The highest BCUT2D eigenvalue weighted by atomic mass is 32.2. The lowest BCUT2D eigenvalue weighted by molar-refractivity contribution is -0.385. The molecule has 114 valence electrons. The summed E-state index contributed by atoms with van der Waals surface area (Å²) in [5.74, 6) is -0.476. The van der Waals surface area contributed by atoms with Crippen LogP contribution in [0.5, 0.6) is 0 Å². The van der Waals surface area contributed by atoms with Gasteiger partial charge in [0.25, 0.3) is 11.6 Å². The molecule has 2 aromatic carbocycles. The third-order valence-electron chi connectivity index (χ3n) is 3.24. The number of rotatable bonds is 5. The lowest BCUT2D eigenvalue weighted by Gasteiger charge is -2.08. The number of hydrogen-bond donors (Lipinski definition) is 1. The van der Waals surface area contributed by atoms with E-state index in [0.717, 1.165) is 16.9 Å². The highest BCUT2D eigenvalue weighted by Crippen LogP contribution is 2.25. The quantitative estimate of drug-likeness (QED) is 0.511. The molecule has 0 spiro atoms. The number of hydrogen-bond acceptors (Lipinski definition) is 4. The van der Waals surface area contributed by atoms with E-state index in [0.29, 0.717) is 5.69 Å². The van der Waals surface area contributed by atoms with Gasteiger partial charge in [-0.3, -0.25) is 14.9 Å². The van der Waals surface area contributed by atoms with Crippen LogP contribution in [0, 0.1) is 10.1 Å². The van der Waals surface area contributed by atoms with Crippen LogP contribution in [0.3, 0.4) is 0 Å². The standard InChI is InChI=1S/C16H16N2O3S/c1-3-11-5-4-6-12(9-11)17-16(19)14-10-13(22-2)7-8-15(14)18(20)21/h4-10H,3H2,1-2H3,(H,17,19). The number of carbonyl (C=O) groups excluding carboxylic acids is 1. The second kappa shape index (κ2) is 7.09. The summed E-state index contributed by atoms with van der Waals surface area (Å²) >= 11 is 1.43. The third kappa shape index (κ3) is 3.65. The molecule has 0 unspecified atom stereocenters. The van der Waals surface area contributed by atoms with Crippen LogP contribution in [-0.4, -0.2) is 17.1 Å². The van der Waals surface area contributed by atoms with Crippen LogP contribution >= 0.6 is 11.8 Å². The number of aryl methyl sites for hydroxylation is 1. The number of benzene rings is 2. The Labute approximate surface area is 132 Å². The van der Waals surface area contributed by atoms with E-state index >= 15 is 0 Å². The first-order valence-electron chi connectivity index (χ1n) is 6.78. The maximum Gasteiger partial charge on any atom is 0.282 e. The Bertz CT molecular complexity index is 716. The molecule has 0 aromatic heterocycles. The molecule has 0 heterocycles. The van der Waals surface area contributed by atoms with Gasteiger partial charge in [0, 0.05) is 16.6 Å². The van der Waals surface area contributed by atoms with Crippen molar-refractivity contribution in [2.75, 3.05) is 11.6 Å². The Balaban J connectivity index is 2.33. The molecule has 0 saturated carbocycles. The van der Waals surface area contributed by atoms with Gasteiger partial charge in [-0.05, 0) is 42.5 Å². The molecule has 5 nitrogen and oxygen atoms in total. The van der Waals surface area contributed by atoms with Crippen LogP contribution in [0.1, 0.15) is 22.8 Å². The van der Waals surface area contributed by atoms with Gasteiger partial charge in [0.2, 0.25) is 0 Å². The van der Waals surface area contributed by atoms with Crippen molar-refractivity contribution in [2.24, 2.45) is 0 Å². The Morgan fingerprint density at radius 2 is 2.05 bits per heavy atom. The molecule has 1 N–H and O–H groups in total. The third-order valence-corrected chi connectivity index (χ3v) is 3.96. The van der Waals surface area contributed by atoms with E-state index in [1.165, 1.54) is 17.8 Å². The molecular weight excluding hydrogens is 300 g/mol. The summed E-state index contributed by atoms with van der Waals surface area (Å²) in [4.78, 5) is 23.7. The average Bonchev–Trinajstić information content (AvgIpc) is 2.54. The van der Waals surface area contributed by atoms with Crippen molar-refractivity contribution in [3.63, 3.8) is 0 Å². The van der Waals surface area contributed by atoms with Crippen molar-refractivity contribution in [1.29, 1.82) is 0 Å². The first-order valence-corrected chi connectivity index (χ1v) is 8.00. The number of nitro benzene ring substituents is 1. The zero-order valence-electron chi connectivity index (χ0n) is 12.3. The number of nitrogens with zero attached hydrogens (tertiary/aromatic N) is 1. The molecule has 2 rings (SSSR count). The fraction of sp³-hybridized carbons (Fsp3) is 0.188. The maximum absolute atomic E-state index is 12.4. The Morgan fingerprint density at radius 3 is 2.68 bits per heavy atom. The number of thioether (sulfide) groups is 1. The fourth-order valence-electron chi connectivity index (χ4n) is 2.05. The average molecular weight is 316 g/mol. The fourth-order valence-corrected chi connectivity index (χ4v) is 2.49. The van der Waals surface area contributed by atoms with E-state index in [4.69, 9.17) is 0 Å². The van der Waals surface area contributed by atoms with Gasteiger partial charge in [-0.1, -0.05) is 19.1 Å². The summed E-state index contributed by atoms with van der Waals surface area (Å²) in [7, 11) is 0. The van der Waals surface area contributed by atoms with E-state index in [1.54, 1.807) is 18.2 Å². The number of amides is 1. The predicted molar refractivity (Wildman–Crippen MR) is 88.7 cm³/mol. The second-order valence-electron chi connectivity index (χ2n) is 4.65. The summed E-state index contributed by atoms with van der Waals surface area (Å²) in [6.07, 6.45) is 2.71. The minimum absolute atomic E-state index is 0.0683. The van der Waals surface area contributed by atoms with E-state index in [1.807, 2.05) is 31.4 Å². The molecule has 0 atom stereocenters. The van der Waals surface area contributed by atoms with Crippen molar-refractivity contribution in [3.8, 4) is 0 Å². The normalized spacial score (nSPS) is 10.3. The largest absolute Gasteiger partial charge is 0.322 e. The highest BCUT2D eigenvalue weighted by Gasteiger charge is 2.20. The first-order chi connectivity index (χ1) is 10.5. The molecule has 22 heavy (non-hydrogen) atoms. The van der Waals surface area contributed by atoms with E-state index in [-0.39, 0.29) is 11.3 Å². The van der Waals surface area contributed by atoms with Gasteiger partial charge in [0.15, 0.2) is 0 Å². The van der Waals surface area contributed by atoms with E-state index in [2.05, 4.69) is 5.32 Å². The monoisotopic (exact) mass is 316 g/mol. The predicted octanol–water partition coefficient (Wildman–Crippen LogP) is 4.13. The molecule has 0 aliphatic carbocycles. The van der Waals surface area contributed by atoms with Crippen LogP contribution < -0.4 is 5.32 Å². The molecule has 1 amide bonds. The van der Waals surface area contributed by atoms with Crippen molar-refractivity contribution < 1.29 is 9.72 Å². The Kier molecular flexibility index (Phi) is 5.16. The second-order valence-corrected chi connectivity index (χ2v) is 5.53. The SMILES string of the molecule is CCc1cccc(NC(=O)c2cc(SC)ccc2[N+](=O)[O-])c1. The lowest BCUT2D eigenvalue weighted by Crippen LogP contribution is -2.14. The molecular formula is C16H16N2O3S. The van der Waals surface area contributed by atoms with Gasteiger partial charge < -0.3 is 5.32 Å². The summed E-state index contributed by atoms with van der Waals surface area (Å²) < 4.78 is 0. The van der Waals surface area contributed by atoms with Crippen molar-refractivity contribution in [3.05, 3.63) is 63.7 Å². The van der Waals surface area contributed by atoms with Crippen molar-refractivity contribution >= 4 is 29.0 Å². The van der Waals surface area contributed by atoms with Gasteiger partial charge in [-0.25, -0.2) is 0 Å². The summed E-state index contributed by atoms with van der Waals surface area (Å²) in [6, 6.07) is 12.0. The van der Waals surface area contributed by atoms with Crippen LogP contribution in [-0.2, 0) is 6.42 Å². The molecule has 0 aliphatic rings. The molecule has 0 bridgehead atoms. The number of anilines is 1. The summed E-state index contributed by atoms with van der Waals surface area (Å²) in [6.45, 7) is 2.02. The van der Waals surface area contributed by atoms with E-state index < -0.39 is 10.8 Å². The molecule has 0 saturated heterocycles. The van der Waals surface area contributed by atoms with Crippen LogP contribution in [0.4, 0.5) is 11.4 Å². The first kappa shape index (κ1) is 16.0. The zero-order valence-corrected chi connectivity index (χ0v) is 13.1. The van der Waals surface area contributed by atoms with Gasteiger partial charge in [-0.2, -0.15) is 0 Å². The minimum atomic E-state index is -0.540. The summed E-state index contributed by atoms with van der Waals surface area (Å²) in [5.41, 5.74) is 1.60. The van der Waals surface area contributed by atoms with Crippen molar-refractivity contribution in [1.82, 2.24) is 0 Å². The van der Waals surface area contributed by atoms with Crippen LogP contribution in [0.2, 0.25) is 0 Å². The maximum atomic E-state index is 12.4. The summed E-state index contributed by atoms with van der Waals surface area (Å²) in [5, 5.41) is 13.8. The Morgan fingerprint density at radius 1 is 1.27 bits per heavy atom. The van der Waals surface area contributed by atoms with Gasteiger partial charge in [0.1, 0.15) is 5.56 Å². The lowest BCUT2D eigenvalue weighted by atomic mass is 10.1. The Hall–Kier alpha value is -2.34.